The maximum Gasteiger partial charge on any atom is 0.223 e. The molecule has 0 atom stereocenters. The summed E-state index contributed by atoms with van der Waals surface area (Å²) in [5.74, 6) is 0.0358. The molecule has 0 saturated carbocycles. The van der Waals surface area contributed by atoms with E-state index in [4.69, 9.17) is 0 Å². The van der Waals surface area contributed by atoms with Gasteiger partial charge in [0.15, 0.2) is 5.78 Å². The molecule has 1 heterocycles. The van der Waals surface area contributed by atoms with E-state index in [1.54, 1.807) is 4.90 Å². The van der Waals surface area contributed by atoms with Gasteiger partial charge >= 0.3 is 0 Å². The number of piperidine rings is 1. The third-order valence-electron chi connectivity index (χ3n) is 5.51. The van der Waals surface area contributed by atoms with Gasteiger partial charge in [-0.25, -0.2) is 0 Å². The number of rotatable bonds is 5. The van der Waals surface area contributed by atoms with Crippen molar-refractivity contribution in [2.75, 3.05) is 13.1 Å². The van der Waals surface area contributed by atoms with Gasteiger partial charge in [-0.1, -0.05) is 86.5 Å². The number of aryl methyl sites for hydroxylation is 1. The first-order chi connectivity index (χ1) is 16.0. The molecule has 1 aliphatic rings. The van der Waals surface area contributed by atoms with Crippen molar-refractivity contribution in [3.05, 3.63) is 116 Å². The van der Waals surface area contributed by atoms with Crippen LogP contribution in [-0.4, -0.2) is 29.7 Å². The SMILES string of the molecule is O=C1/C(=C/c2cccc(Br)c2)CN(C(=O)CCc2ccccc2)C/C1=C\c1cccc(Br)c1. The maximum absolute atomic E-state index is 13.4. The quantitative estimate of drug-likeness (QED) is 0.322. The molecule has 4 rings (SSSR count). The highest BCUT2D eigenvalue weighted by Gasteiger charge is 2.28. The number of nitrogens with zero attached hydrogens (tertiary/aromatic N) is 1. The molecule has 1 fully saturated rings. The van der Waals surface area contributed by atoms with Crippen LogP contribution in [0.4, 0.5) is 0 Å². The number of hydrogen-bond donors (Lipinski definition) is 0. The minimum atomic E-state index is -0.0120. The summed E-state index contributed by atoms with van der Waals surface area (Å²) in [6, 6.07) is 25.6. The van der Waals surface area contributed by atoms with E-state index < -0.39 is 0 Å². The van der Waals surface area contributed by atoms with Crippen molar-refractivity contribution in [2.45, 2.75) is 12.8 Å². The fourth-order valence-corrected chi connectivity index (χ4v) is 4.70. The number of carbonyl (C=O) groups excluding carboxylic acids is 2. The van der Waals surface area contributed by atoms with Crippen LogP contribution in [0.25, 0.3) is 12.2 Å². The molecule has 1 saturated heterocycles. The molecule has 0 bridgehead atoms. The van der Waals surface area contributed by atoms with Gasteiger partial charge in [0.25, 0.3) is 0 Å². The Morgan fingerprint density at radius 3 is 1.85 bits per heavy atom. The van der Waals surface area contributed by atoms with Crippen molar-refractivity contribution in [1.29, 1.82) is 0 Å². The molecule has 5 heteroatoms. The van der Waals surface area contributed by atoms with E-state index in [9.17, 15) is 9.59 Å². The Bertz CT molecular complexity index is 1160. The van der Waals surface area contributed by atoms with Gasteiger partial charge in [0.1, 0.15) is 0 Å². The second-order valence-corrected chi connectivity index (χ2v) is 9.85. The van der Waals surface area contributed by atoms with E-state index in [0.29, 0.717) is 37.1 Å². The Hall–Kier alpha value is -2.76. The molecular formula is C28H23Br2NO2. The van der Waals surface area contributed by atoms with Gasteiger partial charge in [-0.2, -0.15) is 0 Å². The summed E-state index contributed by atoms with van der Waals surface area (Å²) in [5, 5.41) is 0. The number of likely N-dealkylation sites (tertiary alicyclic amines) is 1. The monoisotopic (exact) mass is 563 g/mol. The Labute approximate surface area is 211 Å². The average Bonchev–Trinajstić information content (AvgIpc) is 2.81. The number of halogens is 2. The van der Waals surface area contributed by atoms with Crippen molar-refractivity contribution in [1.82, 2.24) is 4.90 Å². The fraction of sp³-hybridized carbons (Fsp3) is 0.143. The Morgan fingerprint density at radius 2 is 1.33 bits per heavy atom. The van der Waals surface area contributed by atoms with Crippen LogP contribution in [0.3, 0.4) is 0 Å². The van der Waals surface area contributed by atoms with Crippen molar-refractivity contribution in [3.8, 4) is 0 Å². The van der Waals surface area contributed by atoms with Gasteiger partial charge in [0.05, 0.1) is 0 Å². The summed E-state index contributed by atoms with van der Waals surface area (Å²) < 4.78 is 1.89. The lowest BCUT2D eigenvalue weighted by atomic mass is 9.93. The number of amides is 1. The summed E-state index contributed by atoms with van der Waals surface area (Å²) in [6.45, 7) is 0.629. The molecule has 33 heavy (non-hydrogen) atoms. The minimum absolute atomic E-state index is 0.0120. The molecular weight excluding hydrogens is 542 g/mol. The van der Waals surface area contributed by atoms with Crippen LogP contribution in [0.1, 0.15) is 23.1 Å². The Kier molecular flexibility index (Phi) is 7.73. The van der Waals surface area contributed by atoms with Crippen molar-refractivity contribution in [3.63, 3.8) is 0 Å². The zero-order chi connectivity index (χ0) is 23.2. The molecule has 1 aliphatic heterocycles. The lowest BCUT2D eigenvalue weighted by Crippen LogP contribution is -2.41. The molecule has 0 unspecified atom stereocenters. The number of hydrogen-bond acceptors (Lipinski definition) is 2. The summed E-state index contributed by atoms with van der Waals surface area (Å²) in [7, 11) is 0. The summed E-state index contributed by atoms with van der Waals surface area (Å²) in [5.41, 5.74) is 4.22. The second-order valence-electron chi connectivity index (χ2n) is 8.01. The largest absolute Gasteiger partial charge is 0.334 e. The highest BCUT2D eigenvalue weighted by Crippen LogP contribution is 2.25. The first-order valence-corrected chi connectivity index (χ1v) is 12.4. The number of carbonyl (C=O) groups is 2. The van der Waals surface area contributed by atoms with Gasteiger partial charge in [-0.15, -0.1) is 0 Å². The van der Waals surface area contributed by atoms with Crippen LogP contribution in [0.15, 0.2) is 99.0 Å². The van der Waals surface area contributed by atoms with Crippen LogP contribution in [-0.2, 0) is 16.0 Å². The zero-order valence-corrected chi connectivity index (χ0v) is 21.2. The highest BCUT2D eigenvalue weighted by atomic mass is 79.9. The maximum atomic E-state index is 13.4. The molecule has 0 aromatic heterocycles. The summed E-state index contributed by atoms with van der Waals surface area (Å²) >= 11 is 6.98. The number of benzene rings is 3. The topological polar surface area (TPSA) is 37.4 Å². The summed E-state index contributed by atoms with van der Waals surface area (Å²) in [4.78, 5) is 28.3. The van der Waals surface area contributed by atoms with Gasteiger partial charge in [-0.3, -0.25) is 9.59 Å². The van der Waals surface area contributed by atoms with E-state index in [-0.39, 0.29) is 11.7 Å². The zero-order valence-electron chi connectivity index (χ0n) is 18.0. The van der Waals surface area contributed by atoms with Crippen LogP contribution < -0.4 is 0 Å². The van der Waals surface area contributed by atoms with E-state index in [0.717, 1.165) is 25.6 Å². The van der Waals surface area contributed by atoms with Gasteiger partial charge in [0, 0.05) is 39.6 Å². The van der Waals surface area contributed by atoms with Crippen molar-refractivity contribution >= 4 is 55.7 Å². The van der Waals surface area contributed by atoms with Crippen LogP contribution in [0, 0.1) is 0 Å². The molecule has 0 spiro atoms. The predicted octanol–water partition coefficient (Wildman–Crippen LogP) is 6.72. The molecule has 166 valence electrons. The van der Waals surface area contributed by atoms with Crippen molar-refractivity contribution in [2.24, 2.45) is 0 Å². The van der Waals surface area contributed by atoms with Gasteiger partial charge < -0.3 is 4.90 Å². The summed E-state index contributed by atoms with van der Waals surface area (Å²) in [6.07, 6.45) is 4.86. The molecule has 0 N–H and O–H groups in total. The molecule has 0 aliphatic carbocycles. The standard InChI is InChI=1S/C28H23Br2NO2/c29-25-10-4-8-21(16-25)14-23-18-31(27(32)13-12-20-6-2-1-3-7-20)19-24(28(23)33)15-22-9-5-11-26(30)17-22/h1-11,14-17H,12-13,18-19H2/b23-14+,24-15+. The molecule has 0 radical (unpaired) electrons. The normalized spacial score (nSPS) is 16.4. The lowest BCUT2D eigenvalue weighted by Gasteiger charge is -2.30. The van der Waals surface area contributed by atoms with Crippen LogP contribution in [0.5, 0.6) is 0 Å². The van der Waals surface area contributed by atoms with E-state index >= 15 is 0 Å². The van der Waals surface area contributed by atoms with Gasteiger partial charge in [0.2, 0.25) is 5.91 Å². The molecule has 1 amide bonds. The molecule has 3 aromatic rings. The fourth-order valence-electron chi connectivity index (χ4n) is 3.86. The molecule has 3 aromatic carbocycles. The smallest absolute Gasteiger partial charge is 0.223 e. The highest BCUT2D eigenvalue weighted by molar-refractivity contribution is 9.10. The third kappa shape index (κ3) is 6.40. The minimum Gasteiger partial charge on any atom is -0.334 e. The third-order valence-corrected chi connectivity index (χ3v) is 6.49. The Morgan fingerprint density at radius 1 is 0.788 bits per heavy atom. The number of Topliss-reactive ketones (excluding diaryl/α,β-unsaturated/α-hetero) is 1. The van der Waals surface area contributed by atoms with Crippen LogP contribution in [0.2, 0.25) is 0 Å². The van der Waals surface area contributed by atoms with Crippen molar-refractivity contribution < 1.29 is 9.59 Å². The first kappa shape index (κ1) is 23.4. The number of ketones is 1. The average molecular weight is 565 g/mol. The van der Waals surface area contributed by atoms with E-state index in [1.165, 1.54) is 0 Å². The predicted molar refractivity (Wildman–Crippen MR) is 141 cm³/mol. The Balaban J connectivity index is 1.62. The van der Waals surface area contributed by atoms with E-state index in [1.807, 2.05) is 91.0 Å². The van der Waals surface area contributed by atoms with Gasteiger partial charge in [-0.05, 0) is 59.5 Å². The first-order valence-electron chi connectivity index (χ1n) is 10.8. The lowest BCUT2D eigenvalue weighted by molar-refractivity contribution is -0.131. The van der Waals surface area contributed by atoms with E-state index in [2.05, 4.69) is 31.9 Å². The van der Waals surface area contributed by atoms with Crippen LogP contribution >= 0.6 is 31.9 Å². The molecule has 3 nitrogen and oxygen atoms in total. The second kappa shape index (κ2) is 10.9.